The van der Waals surface area contributed by atoms with E-state index < -0.39 is 10.1 Å². The standard InChI is InChI=1S/C12H20O4S/c13-17(14,15)11-6-4-2-1-3-5-8-12-9-7-10-16-12/h7,9-10H,1-6,8,11H2,(H,13,14,15). The molecule has 5 heteroatoms. The molecule has 4 nitrogen and oxygen atoms in total. The average Bonchev–Trinajstić information content (AvgIpc) is 2.73. The lowest BCUT2D eigenvalue weighted by atomic mass is 10.1. The summed E-state index contributed by atoms with van der Waals surface area (Å²) in [7, 11) is -3.76. The molecule has 0 saturated carbocycles. The topological polar surface area (TPSA) is 67.5 Å². The molecule has 1 aromatic heterocycles. The van der Waals surface area contributed by atoms with Crippen molar-refractivity contribution in [3.63, 3.8) is 0 Å². The highest BCUT2D eigenvalue weighted by Gasteiger charge is 2.02. The van der Waals surface area contributed by atoms with Gasteiger partial charge in [-0.2, -0.15) is 8.42 Å². The van der Waals surface area contributed by atoms with E-state index in [-0.39, 0.29) is 5.75 Å². The second-order valence-electron chi connectivity index (χ2n) is 4.24. The van der Waals surface area contributed by atoms with Crippen molar-refractivity contribution in [3.8, 4) is 0 Å². The fraction of sp³-hybridized carbons (Fsp3) is 0.667. The molecule has 0 atom stereocenters. The molecule has 0 spiro atoms. The molecule has 1 heterocycles. The van der Waals surface area contributed by atoms with Crippen molar-refractivity contribution in [1.29, 1.82) is 0 Å². The first-order chi connectivity index (χ1) is 8.08. The van der Waals surface area contributed by atoms with Gasteiger partial charge in [-0.15, -0.1) is 0 Å². The van der Waals surface area contributed by atoms with E-state index in [4.69, 9.17) is 8.97 Å². The van der Waals surface area contributed by atoms with E-state index in [0.29, 0.717) is 6.42 Å². The molecule has 0 unspecified atom stereocenters. The van der Waals surface area contributed by atoms with Crippen LogP contribution in [0.5, 0.6) is 0 Å². The first-order valence-corrected chi connectivity index (χ1v) is 7.66. The van der Waals surface area contributed by atoms with Gasteiger partial charge in [0.15, 0.2) is 0 Å². The largest absolute Gasteiger partial charge is 0.469 e. The van der Waals surface area contributed by atoms with Gasteiger partial charge < -0.3 is 4.42 Å². The predicted octanol–water partition coefficient (Wildman–Crippen LogP) is 3.05. The van der Waals surface area contributed by atoms with Gasteiger partial charge in [-0.05, 0) is 25.0 Å². The SMILES string of the molecule is O=S(=O)(O)CCCCCCCCc1ccco1. The predicted molar refractivity (Wildman–Crippen MR) is 66.5 cm³/mol. The Morgan fingerprint density at radius 1 is 1.06 bits per heavy atom. The molecule has 0 aliphatic heterocycles. The molecule has 98 valence electrons. The van der Waals surface area contributed by atoms with Crippen molar-refractivity contribution in [2.45, 2.75) is 44.9 Å². The Bertz CT molecular complexity index is 381. The summed E-state index contributed by atoms with van der Waals surface area (Å²) in [6.45, 7) is 0. The van der Waals surface area contributed by atoms with Gasteiger partial charge in [-0.3, -0.25) is 4.55 Å². The lowest BCUT2D eigenvalue weighted by molar-refractivity contribution is 0.477. The summed E-state index contributed by atoms with van der Waals surface area (Å²) in [5, 5.41) is 0. The van der Waals surface area contributed by atoms with E-state index in [9.17, 15) is 8.42 Å². The van der Waals surface area contributed by atoms with Crippen molar-refractivity contribution < 1.29 is 17.4 Å². The molecule has 0 aliphatic rings. The van der Waals surface area contributed by atoms with Crippen LogP contribution in [0.4, 0.5) is 0 Å². The summed E-state index contributed by atoms with van der Waals surface area (Å²) in [6.07, 6.45) is 8.43. The summed E-state index contributed by atoms with van der Waals surface area (Å²) in [5.41, 5.74) is 0. The van der Waals surface area contributed by atoms with Crippen molar-refractivity contribution >= 4 is 10.1 Å². The fourth-order valence-electron chi connectivity index (χ4n) is 1.75. The molecule has 0 fully saturated rings. The van der Waals surface area contributed by atoms with Crippen LogP contribution < -0.4 is 0 Å². The highest BCUT2D eigenvalue weighted by molar-refractivity contribution is 7.85. The zero-order valence-corrected chi connectivity index (χ0v) is 10.8. The normalized spacial score (nSPS) is 11.8. The lowest BCUT2D eigenvalue weighted by Gasteiger charge is -2.00. The van der Waals surface area contributed by atoms with Crippen molar-refractivity contribution in [2.24, 2.45) is 0 Å². The minimum atomic E-state index is -3.76. The summed E-state index contributed by atoms with van der Waals surface area (Å²) in [6, 6.07) is 3.87. The summed E-state index contributed by atoms with van der Waals surface area (Å²) in [4.78, 5) is 0. The van der Waals surface area contributed by atoms with Gasteiger partial charge in [-0.1, -0.05) is 25.7 Å². The molecule has 0 radical (unpaired) electrons. The number of rotatable bonds is 9. The van der Waals surface area contributed by atoms with Gasteiger partial charge in [0.2, 0.25) is 0 Å². The van der Waals surface area contributed by atoms with E-state index in [2.05, 4.69) is 0 Å². The summed E-state index contributed by atoms with van der Waals surface area (Å²) >= 11 is 0. The Hall–Kier alpha value is -0.810. The molecule has 0 saturated heterocycles. The Morgan fingerprint density at radius 2 is 1.71 bits per heavy atom. The Morgan fingerprint density at radius 3 is 2.29 bits per heavy atom. The first kappa shape index (κ1) is 14.3. The number of hydrogen-bond donors (Lipinski definition) is 1. The number of unbranched alkanes of at least 4 members (excludes halogenated alkanes) is 5. The minimum Gasteiger partial charge on any atom is -0.469 e. The molecule has 0 aromatic carbocycles. The molecular weight excluding hydrogens is 240 g/mol. The highest BCUT2D eigenvalue weighted by atomic mass is 32.2. The number of furan rings is 1. The molecule has 0 bridgehead atoms. The fourth-order valence-corrected chi connectivity index (χ4v) is 2.31. The number of hydrogen-bond acceptors (Lipinski definition) is 3. The van der Waals surface area contributed by atoms with Crippen LogP contribution in [0.1, 0.15) is 44.3 Å². The van der Waals surface area contributed by atoms with Crippen molar-refractivity contribution in [1.82, 2.24) is 0 Å². The Labute approximate surface area is 103 Å². The van der Waals surface area contributed by atoms with E-state index in [1.54, 1.807) is 6.26 Å². The molecule has 1 aromatic rings. The molecular formula is C12H20O4S. The maximum absolute atomic E-state index is 10.4. The maximum atomic E-state index is 10.4. The van der Waals surface area contributed by atoms with Crippen LogP contribution in [0.15, 0.2) is 22.8 Å². The third-order valence-electron chi connectivity index (χ3n) is 2.66. The van der Waals surface area contributed by atoms with Gasteiger partial charge in [0.05, 0.1) is 12.0 Å². The van der Waals surface area contributed by atoms with E-state index in [1.807, 2.05) is 12.1 Å². The van der Waals surface area contributed by atoms with Crippen molar-refractivity contribution in [3.05, 3.63) is 24.2 Å². The second-order valence-corrected chi connectivity index (χ2v) is 5.81. The number of aryl methyl sites for hydroxylation is 1. The Balaban J connectivity index is 1.88. The lowest BCUT2D eigenvalue weighted by Crippen LogP contribution is -2.03. The summed E-state index contributed by atoms with van der Waals surface area (Å²) < 4.78 is 34.6. The van der Waals surface area contributed by atoms with Crippen LogP contribution in [-0.2, 0) is 16.5 Å². The van der Waals surface area contributed by atoms with Crippen LogP contribution in [0.25, 0.3) is 0 Å². The van der Waals surface area contributed by atoms with Gasteiger partial charge in [-0.25, -0.2) is 0 Å². The zero-order chi connectivity index (χ0) is 12.6. The highest BCUT2D eigenvalue weighted by Crippen LogP contribution is 2.10. The minimum absolute atomic E-state index is 0.112. The first-order valence-electron chi connectivity index (χ1n) is 6.05. The van der Waals surface area contributed by atoms with E-state index in [0.717, 1.165) is 44.3 Å². The third-order valence-corrected chi connectivity index (χ3v) is 3.46. The van der Waals surface area contributed by atoms with Gasteiger partial charge in [0, 0.05) is 6.42 Å². The summed E-state index contributed by atoms with van der Waals surface area (Å²) in [5.74, 6) is 0.913. The second kappa shape index (κ2) is 7.50. The van der Waals surface area contributed by atoms with Crippen LogP contribution in [-0.4, -0.2) is 18.7 Å². The molecule has 0 amide bonds. The van der Waals surface area contributed by atoms with Crippen LogP contribution >= 0.6 is 0 Å². The van der Waals surface area contributed by atoms with Gasteiger partial charge in [0.25, 0.3) is 10.1 Å². The average molecular weight is 260 g/mol. The quantitative estimate of drug-likeness (QED) is 0.547. The third kappa shape index (κ3) is 7.99. The van der Waals surface area contributed by atoms with Gasteiger partial charge in [0.1, 0.15) is 5.76 Å². The molecule has 1 rings (SSSR count). The van der Waals surface area contributed by atoms with Crippen LogP contribution in [0.3, 0.4) is 0 Å². The Kier molecular flexibility index (Phi) is 6.29. The monoisotopic (exact) mass is 260 g/mol. The molecule has 17 heavy (non-hydrogen) atoms. The van der Waals surface area contributed by atoms with E-state index >= 15 is 0 Å². The van der Waals surface area contributed by atoms with Crippen molar-refractivity contribution in [2.75, 3.05) is 5.75 Å². The van der Waals surface area contributed by atoms with Crippen LogP contribution in [0.2, 0.25) is 0 Å². The van der Waals surface area contributed by atoms with Crippen LogP contribution in [0, 0.1) is 0 Å². The smallest absolute Gasteiger partial charge is 0.264 e. The van der Waals surface area contributed by atoms with Gasteiger partial charge >= 0.3 is 0 Å². The van der Waals surface area contributed by atoms with E-state index in [1.165, 1.54) is 0 Å². The maximum Gasteiger partial charge on any atom is 0.264 e. The zero-order valence-electron chi connectivity index (χ0n) is 9.97. The molecule has 0 aliphatic carbocycles. The molecule has 1 N–H and O–H groups in total.